The maximum Gasteiger partial charge on any atom is 0.328 e. The summed E-state index contributed by atoms with van der Waals surface area (Å²) in [5.41, 5.74) is 2.07. The van der Waals surface area contributed by atoms with Crippen LogP contribution >= 0.6 is 0 Å². The Morgan fingerprint density at radius 1 is 1.16 bits per heavy atom. The Balaban J connectivity index is 1.97. The van der Waals surface area contributed by atoms with Crippen LogP contribution in [0.15, 0.2) is 52.2 Å². The van der Waals surface area contributed by atoms with Gasteiger partial charge in [0.2, 0.25) is 5.88 Å². The Morgan fingerprint density at radius 3 is 2.56 bits per heavy atom. The number of hydrogen-bond acceptors (Lipinski definition) is 4. The van der Waals surface area contributed by atoms with Crippen LogP contribution in [0, 0.1) is 6.92 Å². The standard InChI is InChI=1S/C19H19N3O3/c1-4-13-6-5-11-20-18(13)25-15-9-7-14(8-10-15)16-12(2)17(23)21-19(24)22(16)3/h5-11H,4H2,1-3H3,(H,21,23,24). The van der Waals surface area contributed by atoms with Crippen molar-refractivity contribution in [3.8, 4) is 22.9 Å². The van der Waals surface area contributed by atoms with Gasteiger partial charge in [0.25, 0.3) is 5.56 Å². The third kappa shape index (κ3) is 3.24. The van der Waals surface area contributed by atoms with Gasteiger partial charge in [-0.1, -0.05) is 13.0 Å². The third-order valence-corrected chi connectivity index (χ3v) is 4.13. The molecule has 6 heteroatoms. The van der Waals surface area contributed by atoms with Crippen LogP contribution < -0.4 is 16.0 Å². The van der Waals surface area contributed by atoms with E-state index >= 15 is 0 Å². The Kier molecular flexibility index (Phi) is 4.52. The number of nitrogens with one attached hydrogen (secondary N) is 1. The van der Waals surface area contributed by atoms with Crippen molar-refractivity contribution in [1.29, 1.82) is 0 Å². The zero-order chi connectivity index (χ0) is 18.0. The van der Waals surface area contributed by atoms with Gasteiger partial charge in [0.05, 0.1) is 5.69 Å². The number of rotatable bonds is 4. The zero-order valence-corrected chi connectivity index (χ0v) is 14.4. The summed E-state index contributed by atoms with van der Waals surface area (Å²) in [5, 5.41) is 0. The maximum atomic E-state index is 11.9. The van der Waals surface area contributed by atoms with Gasteiger partial charge in [-0.2, -0.15) is 0 Å². The van der Waals surface area contributed by atoms with E-state index in [9.17, 15) is 9.59 Å². The highest BCUT2D eigenvalue weighted by Gasteiger charge is 2.11. The van der Waals surface area contributed by atoms with Gasteiger partial charge in [-0.25, -0.2) is 9.78 Å². The average Bonchev–Trinajstić information content (AvgIpc) is 2.62. The molecule has 0 unspecified atom stereocenters. The first kappa shape index (κ1) is 16.7. The number of aromatic nitrogens is 3. The summed E-state index contributed by atoms with van der Waals surface area (Å²) in [6.07, 6.45) is 2.52. The molecule has 0 saturated carbocycles. The lowest BCUT2D eigenvalue weighted by Crippen LogP contribution is -2.31. The summed E-state index contributed by atoms with van der Waals surface area (Å²) in [4.78, 5) is 30.3. The molecule has 1 N–H and O–H groups in total. The minimum absolute atomic E-state index is 0.375. The minimum Gasteiger partial charge on any atom is -0.439 e. The number of aromatic amines is 1. The van der Waals surface area contributed by atoms with Gasteiger partial charge in [-0.3, -0.25) is 14.3 Å². The van der Waals surface area contributed by atoms with Crippen LogP contribution in [0.2, 0.25) is 0 Å². The summed E-state index contributed by atoms with van der Waals surface area (Å²) in [7, 11) is 1.63. The Labute approximate surface area is 144 Å². The predicted octanol–water partition coefficient (Wildman–Crippen LogP) is 2.80. The highest BCUT2D eigenvalue weighted by atomic mass is 16.5. The molecule has 128 valence electrons. The second kappa shape index (κ2) is 6.76. The van der Waals surface area contributed by atoms with Crippen LogP contribution in [0.25, 0.3) is 11.3 Å². The summed E-state index contributed by atoms with van der Waals surface area (Å²) < 4.78 is 7.28. The quantitative estimate of drug-likeness (QED) is 0.794. The molecular weight excluding hydrogens is 318 g/mol. The molecule has 25 heavy (non-hydrogen) atoms. The van der Waals surface area contributed by atoms with E-state index in [0.717, 1.165) is 17.5 Å². The van der Waals surface area contributed by atoms with Crippen LogP contribution in [0.3, 0.4) is 0 Å². The molecule has 0 amide bonds. The molecule has 0 spiro atoms. The molecule has 6 nitrogen and oxygen atoms in total. The van der Waals surface area contributed by atoms with Crippen LogP contribution in [0.5, 0.6) is 11.6 Å². The molecule has 0 atom stereocenters. The fraction of sp³-hybridized carbons (Fsp3) is 0.211. The normalized spacial score (nSPS) is 10.7. The minimum atomic E-state index is -0.438. The van der Waals surface area contributed by atoms with Gasteiger partial charge in [0, 0.05) is 24.4 Å². The molecule has 0 aliphatic heterocycles. The molecule has 2 aromatic heterocycles. The van der Waals surface area contributed by atoms with Crippen molar-refractivity contribution < 1.29 is 4.74 Å². The highest BCUT2D eigenvalue weighted by molar-refractivity contribution is 5.63. The monoisotopic (exact) mass is 337 g/mol. The molecule has 1 aromatic carbocycles. The van der Waals surface area contributed by atoms with Crippen LogP contribution in [-0.2, 0) is 13.5 Å². The van der Waals surface area contributed by atoms with E-state index in [1.54, 1.807) is 32.3 Å². The second-order valence-corrected chi connectivity index (χ2v) is 5.74. The van der Waals surface area contributed by atoms with Crippen molar-refractivity contribution in [3.05, 3.63) is 74.6 Å². The lowest BCUT2D eigenvalue weighted by molar-refractivity contribution is 0.457. The van der Waals surface area contributed by atoms with Gasteiger partial charge >= 0.3 is 5.69 Å². The van der Waals surface area contributed by atoms with E-state index in [2.05, 4.69) is 9.97 Å². The van der Waals surface area contributed by atoms with E-state index in [1.165, 1.54) is 4.57 Å². The van der Waals surface area contributed by atoms with E-state index in [4.69, 9.17) is 4.74 Å². The van der Waals surface area contributed by atoms with Gasteiger partial charge in [0.15, 0.2) is 0 Å². The topological polar surface area (TPSA) is 77.0 Å². The van der Waals surface area contributed by atoms with E-state index in [1.807, 2.05) is 31.2 Å². The number of benzene rings is 1. The van der Waals surface area contributed by atoms with Crippen LogP contribution in [-0.4, -0.2) is 14.5 Å². The van der Waals surface area contributed by atoms with Crippen molar-refractivity contribution in [2.24, 2.45) is 7.05 Å². The number of aryl methyl sites for hydroxylation is 1. The summed E-state index contributed by atoms with van der Waals surface area (Å²) in [6, 6.07) is 11.1. The SMILES string of the molecule is CCc1cccnc1Oc1ccc(-c2c(C)c(=O)[nH]c(=O)n2C)cc1. The molecule has 0 aliphatic carbocycles. The summed E-state index contributed by atoms with van der Waals surface area (Å²) in [6.45, 7) is 3.74. The molecule has 3 aromatic rings. The van der Waals surface area contributed by atoms with Crippen molar-refractivity contribution in [2.45, 2.75) is 20.3 Å². The number of pyridine rings is 1. The zero-order valence-electron chi connectivity index (χ0n) is 14.4. The average molecular weight is 337 g/mol. The van der Waals surface area contributed by atoms with Crippen molar-refractivity contribution >= 4 is 0 Å². The summed E-state index contributed by atoms with van der Waals surface area (Å²) >= 11 is 0. The van der Waals surface area contributed by atoms with E-state index in [-0.39, 0.29) is 5.56 Å². The highest BCUT2D eigenvalue weighted by Crippen LogP contribution is 2.26. The fourth-order valence-electron chi connectivity index (χ4n) is 2.72. The van der Waals surface area contributed by atoms with Gasteiger partial charge in [-0.05, 0) is 49.2 Å². The van der Waals surface area contributed by atoms with Gasteiger partial charge in [-0.15, -0.1) is 0 Å². The lowest BCUT2D eigenvalue weighted by Gasteiger charge is -2.12. The molecule has 0 aliphatic rings. The molecule has 3 rings (SSSR count). The third-order valence-electron chi connectivity index (χ3n) is 4.13. The Hall–Kier alpha value is -3.15. The number of H-pyrrole nitrogens is 1. The second-order valence-electron chi connectivity index (χ2n) is 5.74. The molecule has 0 bridgehead atoms. The lowest BCUT2D eigenvalue weighted by atomic mass is 10.1. The first-order valence-electron chi connectivity index (χ1n) is 8.03. The largest absolute Gasteiger partial charge is 0.439 e. The van der Waals surface area contributed by atoms with Crippen molar-refractivity contribution in [1.82, 2.24) is 14.5 Å². The van der Waals surface area contributed by atoms with Gasteiger partial charge < -0.3 is 4.74 Å². The van der Waals surface area contributed by atoms with E-state index < -0.39 is 5.69 Å². The smallest absolute Gasteiger partial charge is 0.328 e. The molecular formula is C19H19N3O3. The van der Waals surface area contributed by atoms with Crippen molar-refractivity contribution in [3.63, 3.8) is 0 Å². The number of nitrogens with zero attached hydrogens (tertiary/aromatic N) is 2. The molecule has 0 saturated heterocycles. The fourth-order valence-corrected chi connectivity index (χ4v) is 2.72. The Morgan fingerprint density at radius 2 is 1.88 bits per heavy atom. The van der Waals surface area contributed by atoms with Crippen LogP contribution in [0.1, 0.15) is 18.1 Å². The molecule has 0 radical (unpaired) electrons. The first-order valence-corrected chi connectivity index (χ1v) is 8.03. The number of ether oxygens (including phenoxy) is 1. The maximum absolute atomic E-state index is 11.9. The molecule has 2 heterocycles. The number of hydrogen-bond donors (Lipinski definition) is 1. The van der Waals surface area contributed by atoms with Crippen molar-refractivity contribution in [2.75, 3.05) is 0 Å². The predicted molar refractivity (Wildman–Crippen MR) is 96.2 cm³/mol. The molecule has 0 fully saturated rings. The van der Waals surface area contributed by atoms with Gasteiger partial charge in [0.1, 0.15) is 5.75 Å². The Bertz CT molecular complexity index is 983. The van der Waals surface area contributed by atoms with E-state index in [0.29, 0.717) is 22.9 Å². The summed E-state index contributed by atoms with van der Waals surface area (Å²) in [5.74, 6) is 1.22. The van der Waals surface area contributed by atoms with Crippen LogP contribution in [0.4, 0.5) is 0 Å². The first-order chi connectivity index (χ1) is 12.0.